The third kappa shape index (κ3) is 8.66. The molecule has 1 N–H and O–H groups in total. The predicted octanol–water partition coefficient (Wildman–Crippen LogP) is 6.14. The van der Waals surface area contributed by atoms with E-state index < -0.39 is 56.9 Å². The Kier molecular flexibility index (Phi) is 11.7. The number of carbonyl (C=O) groups is 2. The zero-order valence-electron chi connectivity index (χ0n) is 24.8. The van der Waals surface area contributed by atoms with Crippen molar-refractivity contribution < 1.29 is 35.9 Å². The number of carbonyl (C=O) groups excluding carboxylic acids is 2. The Bertz CT molecular complexity index is 1540. The van der Waals surface area contributed by atoms with E-state index in [2.05, 4.69) is 5.32 Å². The number of hydrogen-bond donors (Lipinski definition) is 1. The van der Waals surface area contributed by atoms with Gasteiger partial charge in [0.15, 0.2) is 0 Å². The average Bonchev–Trinajstić information content (AvgIpc) is 2.99. The molecule has 3 aromatic carbocycles. The number of hydrogen-bond acceptors (Lipinski definition) is 5. The van der Waals surface area contributed by atoms with Crippen LogP contribution in [-0.4, -0.2) is 51.4 Å². The molecule has 0 aromatic heterocycles. The molecule has 0 saturated heterocycles. The first kappa shape index (κ1) is 34.7. The molecule has 2 amide bonds. The zero-order valence-corrected chi connectivity index (χ0v) is 26.3. The predicted molar refractivity (Wildman–Crippen MR) is 163 cm³/mol. The summed E-state index contributed by atoms with van der Waals surface area (Å²) >= 11 is 5.82. The lowest BCUT2D eigenvalue weighted by atomic mass is 10.1. The maximum absolute atomic E-state index is 14.1. The number of anilines is 1. The topological polar surface area (TPSA) is 96.0 Å². The van der Waals surface area contributed by atoms with Gasteiger partial charge in [-0.25, -0.2) is 8.42 Å². The number of nitrogens with zero attached hydrogens (tertiary/aromatic N) is 2. The number of sulfonamides is 1. The molecule has 238 valence electrons. The van der Waals surface area contributed by atoms with Gasteiger partial charge in [0, 0.05) is 13.1 Å². The van der Waals surface area contributed by atoms with Crippen molar-refractivity contribution in [1.29, 1.82) is 0 Å². The van der Waals surface area contributed by atoms with E-state index in [0.717, 1.165) is 12.1 Å². The molecule has 0 heterocycles. The minimum absolute atomic E-state index is 0.0793. The summed E-state index contributed by atoms with van der Waals surface area (Å²) in [4.78, 5) is 28.4. The first-order valence-electron chi connectivity index (χ1n) is 13.8. The molecule has 3 rings (SSSR count). The van der Waals surface area contributed by atoms with Gasteiger partial charge in [-0.3, -0.25) is 13.9 Å². The SMILES string of the molecule is CC[C@H](C(=O)NCC(C)C)N(Cc1ccc(OC)cc1)C(=O)CN(c1ccc(Cl)c(C(F)(F)F)c1)S(=O)(=O)c1ccccc1. The van der Waals surface area contributed by atoms with E-state index in [1.54, 1.807) is 37.3 Å². The zero-order chi connectivity index (χ0) is 32.7. The van der Waals surface area contributed by atoms with E-state index in [1.165, 1.54) is 36.3 Å². The lowest BCUT2D eigenvalue weighted by Gasteiger charge is -2.33. The number of alkyl halides is 3. The van der Waals surface area contributed by atoms with Gasteiger partial charge in [0.05, 0.1) is 28.3 Å². The Labute approximate surface area is 260 Å². The second kappa shape index (κ2) is 14.8. The first-order chi connectivity index (χ1) is 20.7. The van der Waals surface area contributed by atoms with Crippen molar-refractivity contribution in [2.24, 2.45) is 5.92 Å². The number of benzene rings is 3. The van der Waals surface area contributed by atoms with E-state index in [1.807, 2.05) is 13.8 Å². The molecule has 3 aromatic rings. The summed E-state index contributed by atoms with van der Waals surface area (Å²) in [6.07, 6.45) is -4.70. The molecule has 0 spiro atoms. The van der Waals surface area contributed by atoms with Crippen LogP contribution in [0.1, 0.15) is 38.3 Å². The number of nitrogens with one attached hydrogen (secondary N) is 1. The highest BCUT2D eigenvalue weighted by molar-refractivity contribution is 7.92. The monoisotopic (exact) mass is 653 g/mol. The van der Waals surface area contributed by atoms with Crippen LogP contribution in [0.4, 0.5) is 18.9 Å². The van der Waals surface area contributed by atoms with Gasteiger partial charge in [0.2, 0.25) is 11.8 Å². The van der Waals surface area contributed by atoms with Crippen LogP contribution in [0.5, 0.6) is 5.75 Å². The van der Waals surface area contributed by atoms with E-state index in [4.69, 9.17) is 16.3 Å². The average molecular weight is 654 g/mol. The summed E-state index contributed by atoms with van der Waals surface area (Å²) in [5.74, 6) is -0.542. The van der Waals surface area contributed by atoms with E-state index in [0.29, 0.717) is 28.2 Å². The Hall–Kier alpha value is -3.77. The number of amides is 2. The molecule has 1 atom stereocenters. The Morgan fingerprint density at radius 2 is 1.64 bits per heavy atom. The molecule has 0 aliphatic carbocycles. The Morgan fingerprint density at radius 1 is 1.00 bits per heavy atom. The van der Waals surface area contributed by atoms with Crippen LogP contribution >= 0.6 is 11.6 Å². The number of ether oxygens (including phenoxy) is 1. The molecule has 0 unspecified atom stereocenters. The van der Waals surface area contributed by atoms with Crippen LogP contribution in [0.3, 0.4) is 0 Å². The fourth-order valence-electron chi connectivity index (χ4n) is 4.40. The molecule has 0 fully saturated rings. The molecule has 0 aliphatic rings. The molecule has 0 aliphatic heterocycles. The highest BCUT2D eigenvalue weighted by Gasteiger charge is 2.37. The van der Waals surface area contributed by atoms with E-state index >= 15 is 0 Å². The molecule has 0 radical (unpaired) electrons. The molecule has 0 bridgehead atoms. The highest BCUT2D eigenvalue weighted by Crippen LogP contribution is 2.38. The fourth-order valence-corrected chi connectivity index (χ4v) is 6.06. The van der Waals surface area contributed by atoms with Gasteiger partial charge < -0.3 is 15.0 Å². The Balaban J connectivity index is 2.12. The number of rotatable bonds is 13. The van der Waals surface area contributed by atoms with Crippen LogP contribution in [0, 0.1) is 5.92 Å². The number of methoxy groups -OCH3 is 1. The van der Waals surface area contributed by atoms with Crippen LogP contribution in [0.25, 0.3) is 0 Å². The van der Waals surface area contributed by atoms with E-state index in [9.17, 15) is 31.2 Å². The largest absolute Gasteiger partial charge is 0.497 e. The minimum Gasteiger partial charge on any atom is -0.497 e. The minimum atomic E-state index is -4.89. The maximum atomic E-state index is 14.1. The van der Waals surface area contributed by atoms with E-state index in [-0.39, 0.29) is 23.8 Å². The fraction of sp³-hybridized carbons (Fsp3) is 0.355. The van der Waals surface area contributed by atoms with Crippen LogP contribution < -0.4 is 14.4 Å². The molecule has 8 nitrogen and oxygen atoms in total. The second-order valence-corrected chi connectivity index (χ2v) is 12.7. The van der Waals surface area contributed by atoms with Crippen molar-refractivity contribution in [2.75, 3.05) is 24.5 Å². The summed E-state index contributed by atoms with van der Waals surface area (Å²) in [7, 11) is -3.06. The summed E-state index contributed by atoms with van der Waals surface area (Å²) in [6.45, 7) is 4.91. The summed E-state index contributed by atoms with van der Waals surface area (Å²) in [5, 5.41) is 2.19. The Morgan fingerprint density at radius 3 is 2.18 bits per heavy atom. The van der Waals surface area contributed by atoms with Gasteiger partial charge in [0.1, 0.15) is 18.3 Å². The standard InChI is InChI=1S/C31H35ClF3N3O5S/c1-5-28(30(40)36-18-21(2)3)37(19-22-11-14-24(43-4)15-12-22)29(39)20-38(44(41,42)25-9-7-6-8-10-25)23-13-16-27(32)26(17-23)31(33,34)35/h6-17,21,28H,5,18-20H2,1-4H3,(H,36,40)/t28-/m1/s1. The number of halogens is 4. The summed E-state index contributed by atoms with van der Waals surface area (Å²) < 4.78 is 74.9. The molecule has 13 heteroatoms. The van der Waals surface area contributed by atoms with Crippen LogP contribution in [0.2, 0.25) is 5.02 Å². The second-order valence-electron chi connectivity index (χ2n) is 10.4. The molecule has 0 saturated carbocycles. The summed E-state index contributed by atoms with van der Waals surface area (Å²) in [5.41, 5.74) is -1.05. The highest BCUT2D eigenvalue weighted by atomic mass is 35.5. The lowest BCUT2D eigenvalue weighted by Crippen LogP contribution is -2.52. The quantitative estimate of drug-likeness (QED) is 0.239. The van der Waals surface area contributed by atoms with Crippen molar-refractivity contribution in [3.05, 3.63) is 88.9 Å². The first-order valence-corrected chi connectivity index (χ1v) is 15.7. The van der Waals surface area contributed by atoms with Crippen LogP contribution in [0.15, 0.2) is 77.7 Å². The van der Waals surface area contributed by atoms with Gasteiger partial charge >= 0.3 is 6.18 Å². The van der Waals surface area contributed by atoms with Gasteiger partial charge in [-0.2, -0.15) is 13.2 Å². The van der Waals surface area contributed by atoms with Gasteiger partial charge in [-0.15, -0.1) is 0 Å². The summed E-state index contributed by atoms with van der Waals surface area (Å²) in [6, 6.07) is 15.4. The normalized spacial score (nSPS) is 12.5. The van der Waals surface area contributed by atoms with Gasteiger partial charge in [0.25, 0.3) is 10.0 Å². The third-order valence-electron chi connectivity index (χ3n) is 6.74. The molecular weight excluding hydrogens is 619 g/mol. The third-order valence-corrected chi connectivity index (χ3v) is 8.85. The maximum Gasteiger partial charge on any atom is 0.417 e. The van der Waals surface area contributed by atoms with Crippen molar-refractivity contribution in [3.63, 3.8) is 0 Å². The van der Waals surface area contributed by atoms with Crippen LogP contribution in [-0.2, 0) is 32.3 Å². The van der Waals surface area contributed by atoms with Crippen molar-refractivity contribution >= 4 is 39.1 Å². The lowest BCUT2D eigenvalue weighted by molar-refractivity contribution is -0.140. The van der Waals surface area contributed by atoms with Crippen molar-refractivity contribution in [2.45, 2.75) is 50.9 Å². The van der Waals surface area contributed by atoms with Crippen molar-refractivity contribution in [3.8, 4) is 5.75 Å². The molecule has 44 heavy (non-hydrogen) atoms. The van der Waals surface area contributed by atoms with Gasteiger partial charge in [-0.1, -0.05) is 62.7 Å². The smallest absolute Gasteiger partial charge is 0.417 e. The van der Waals surface area contributed by atoms with Crippen molar-refractivity contribution in [1.82, 2.24) is 10.2 Å². The molecular formula is C31H35ClF3N3O5S. The van der Waals surface area contributed by atoms with Gasteiger partial charge in [-0.05, 0) is 60.4 Å².